The van der Waals surface area contributed by atoms with Crippen molar-refractivity contribution in [2.45, 2.75) is 38.1 Å². The smallest absolute Gasteiger partial charge is 0.296 e. The van der Waals surface area contributed by atoms with Gasteiger partial charge in [0.15, 0.2) is 0 Å². The third kappa shape index (κ3) is 3.51. The molecule has 0 radical (unpaired) electrons. The molecule has 0 unspecified atom stereocenters. The quantitative estimate of drug-likeness (QED) is 0.828. The highest BCUT2D eigenvalue weighted by Gasteiger charge is 2.30. The molecule has 7 heteroatoms. The Labute approximate surface area is 145 Å². The Morgan fingerprint density at radius 2 is 1.83 bits per heavy atom. The number of anilines is 1. The van der Waals surface area contributed by atoms with Crippen LogP contribution in [0.25, 0.3) is 0 Å². The Bertz CT molecular complexity index is 662. The first kappa shape index (κ1) is 16.7. The van der Waals surface area contributed by atoms with Gasteiger partial charge in [-0.15, -0.1) is 0 Å². The molecule has 0 aromatic carbocycles. The first-order valence-electron chi connectivity index (χ1n) is 8.05. The van der Waals surface area contributed by atoms with Crippen LogP contribution in [0.1, 0.15) is 42.7 Å². The number of ether oxygens (including phenoxy) is 2. The van der Waals surface area contributed by atoms with Gasteiger partial charge in [0.25, 0.3) is 5.91 Å². The molecule has 0 saturated heterocycles. The summed E-state index contributed by atoms with van der Waals surface area (Å²) in [4.78, 5) is 23.5. The van der Waals surface area contributed by atoms with Crippen molar-refractivity contribution in [3.05, 3.63) is 28.7 Å². The lowest BCUT2D eigenvalue weighted by atomic mass is 9.94. The Kier molecular flexibility index (Phi) is 5.30. The molecule has 128 valence electrons. The van der Waals surface area contributed by atoms with Crippen LogP contribution in [0.5, 0.6) is 11.8 Å². The molecule has 2 aromatic heterocycles. The Hall–Kier alpha value is -2.15. The fourth-order valence-corrected chi connectivity index (χ4v) is 3.67. The lowest BCUT2D eigenvalue weighted by Gasteiger charge is -2.33. The maximum Gasteiger partial charge on any atom is 0.296 e. The van der Waals surface area contributed by atoms with Crippen LogP contribution in [-0.4, -0.2) is 36.1 Å². The standard InChI is InChI=1S/C17H21N3O3S/c1-22-14-10-15(23-2)19-16(18-14)17(21)20(13-8-9-24-11-13)12-6-4-3-5-7-12/h8-12H,3-7H2,1-2H3. The number of nitrogens with zero attached hydrogens (tertiary/aromatic N) is 3. The molecule has 0 N–H and O–H groups in total. The van der Waals surface area contributed by atoms with E-state index < -0.39 is 0 Å². The summed E-state index contributed by atoms with van der Waals surface area (Å²) in [5.74, 6) is 0.527. The zero-order valence-electron chi connectivity index (χ0n) is 13.9. The second kappa shape index (κ2) is 7.61. The number of carbonyl (C=O) groups excluding carboxylic acids is 1. The normalized spacial score (nSPS) is 15.1. The number of amides is 1. The molecular weight excluding hydrogens is 326 g/mol. The van der Waals surface area contributed by atoms with Crippen molar-refractivity contribution in [1.29, 1.82) is 0 Å². The van der Waals surface area contributed by atoms with E-state index in [9.17, 15) is 4.79 Å². The van der Waals surface area contributed by atoms with E-state index in [-0.39, 0.29) is 17.8 Å². The zero-order chi connectivity index (χ0) is 16.9. The zero-order valence-corrected chi connectivity index (χ0v) is 14.7. The van der Waals surface area contributed by atoms with Crippen molar-refractivity contribution in [3.8, 4) is 11.8 Å². The molecule has 1 amide bonds. The molecule has 0 aliphatic heterocycles. The summed E-state index contributed by atoms with van der Waals surface area (Å²) in [6, 6.07) is 3.71. The van der Waals surface area contributed by atoms with Gasteiger partial charge in [0.2, 0.25) is 17.6 Å². The number of carbonyl (C=O) groups is 1. The van der Waals surface area contributed by atoms with Crippen molar-refractivity contribution < 1.29 is 14.3 Å². The van der Waals surface area contributed by atoms with E-state index in [2.05, 4.69) is 9.97 Å². The minimum atomic E-state index is -0.211. The number of thiophene rings is 1. The summed E-state index contributed by atoms with van der Waals surface area (Å²) in [5, 5.41) is 3.97. The summed E-state index contributed by atoms with van der Waals surface area (Å²) in [6.07, 6.45) is 5.51. The van der Waals surface area contributed by atoms with Gasteiger partial charge in [0, 0.05) is 11.4 Å². The first-order chi connectivity index (χ1) is 11.7. The highest BCUT2D eigenvalue weighted by atomic mass is 32.1. The van der Waals surface area contributed by atoms with E-state index in [1.165, 1.54) is 20.6 Å². The van der Waals surface area contributed by atoms with Crippen molar-refractivity contribution in [2.75, 3.05) is 19.1 Å². The van der Waals surface area contributed by atoms with Crippen LogP contribution >= 0.6 is 11.3 Å². The third-order valence-electron chi connectivity index (χ3n) is 4.23. The summed E-state index contributed by atoms with van der Waals surface area (Å²) in [5.41, 5.74) is 0.905. The first-order valence-corrected chi connectivity index (χ1v) is 9.00. The average molecular weight is 347 g/mol. The minimum Gasteiger partial charge on any atom is -0.481 e. The van der Waals surface area contributed by atoms with Crippen LogP contribution in [0.2, 0.25) is 0 Å². The molecule has 2 aromatic rings. The Morgan fingerprint density at radius 3 is 2.38 bits per heavy atom. The van der Waals surface area contributed by atoms with Gasteiger partial charge in [-0.25, -0.2) is 0 Å². The fourth-order valence-electron chi connectivity index (χ4n) is 3.04. The number of methoxy groups -OCH3 is 2. The molecular formula is C17H21N3O3S. The molecule has 1 aliphatic carbocycles. The maximum absolute atomic E-state index is 13.2. The minimum absolute atomic E-state index is 0.1000. The number of hydrogen-bond donors (Lipinski definition) is 0. The van der Waals surface area contributed by atoms with Crippen LogP contribution in [0.4, 0.5) is 5.69 Å². The van der Waals surface area contributed by atoms with Gasteiger partial charge in [0.1, 0.15) is 0 Å². The van der Waals surface area contributed by atoms with E-state index in [4.69, 9.17) is 9.47 Å². The van der Waals surface area contributed by atoms with Gasteiger partial charge in [-0.05, 0) is 24.3 Å². The van der Waals surface area contributed by atoms with Crippen LogP contribution in [0, 0.1) is 0 Å². The SMILES string of the molecule is COc1cc(OC)nc(C(=O)N(c2ccsc2)C2CCCCC2)n1. The van der Waals surface area contributed by atoms with E-state index in [0.29, 0.717) is 11.8 Å². The van der Waals surface area contributed by atoms with Gasteiger partial charge in [-0.2, -0.15) is 21.3 Å². The van der Waals surface area contributed by atoms with E-state index in [1.54, 1.807) is 17.4 Å². The Morgan fingerprint density at radius 1 is 1.17 bits per heavy atom. The lowest BCUT2D eigenvalue weighted by Crippen LogP contribution is -2.42. The van der Waals surface area contributed by atoms with Crippen molar-refractivity contribution >= 4 is 22.9 Å². The van der Waals surface area contributed by atoms with E-state index in [0.717, 1.165) is 31.4 Å². The highest BCUT2D eigenvalue weighted by Crippen LogP contribution is 2.30. The van der Waals surface area contributed by atoms with Gasteiger partial charge in [0.05, 0.1) is 26.0 Å². The molecule has 2 heterocycles. The Balaban J connectivity index is 1.96. The largest absolute Gasteiger partial charge is 0.481 e. The number of aromatic nitrogens is 2. The molecule has 0 spiro atoms. The van der Waals surface area contributed by atoms with Crippen LogP contribution in [-0.2, 0) is 0 Å². The molecule has 6 nitrogen and oxygen atoms in total. The predicted molar refractivity (Wildman–Crippen MR) is 93.1 cm³/mol. The highest BCUT2D eigenvalue weighted by molar-refractivity contribution is 7.08. The molecule has 1 fully saturated rings. The van der Waals surface area contributed by atoms with Gasteiger partial charge < -0.3 is 14.4 Å². The van der Waals surface area contributed by atoms with Crippen molar-refractivity contribution in [1.82, 2.24) is 9.97 Å². The van der Waals surface area contributed by atoms with Gasteiger partial charge in [-0.3, -0.25) is 4.79 Å². The second-order valence-electron chi connectivity index (χ2n) is 5.72. The third-order valence-corrected chi connectivity index (χ3v) is 4.90. The summed E-state index contributed by atoms with van der Waals surface area (Å²) in [7, 11) is 3.02. The molecule has 3 rings (SSSR count). The van der Waals surface area contributed by atoms with E-state index >= 15 is 0 Å². The van der Waals surface area contributed by atoms with Crippen molar-refractivity contribution in [3.63, 3.8) is 0 Å². The molecule has 24 heavy (non-hydrogen) atoms. The van der Waals surface area contributed by atoms with Crippen LogP contribution in [0.3, 0.4) is 0 Å². The van der Waals surface area contributed by atoms with E-state index in [1.807, 2.05) is 21.7 Å². The predicted octanol–water partition coefficient (Wildman–Crippen LogP) is 3.53. The monoisotopic (exact) mass is 347 g/mol. The van der Waals surface area contributed by atoms with Crippen LogP contribution in [0.15, 0.2) is 22.9 Å². The summed E-state index contributed by atoms with van der Waals surface area (Å²) < 4.78 is 10.3. The van der Waals surface area contributed by atoms with Crippen LogP contribution < -0.4 is 14.4 Å². The number of rotatable bonds is 5. The molecule has 1 aliphatic rings. The molecule has 0 atom stereocenters. The summed E-state index contributed by atoms with van der Waals surface area (Å²) in [6.45, 7) is 0. The average Bonchev–Trinajstić information content (AvgIpc) is 3.16. The molecule has 1 saturated carbocycles. The van der Waals surface area contributed by atoms with Gasteiger partial charge >= 0.3 is 0 Å². The molecule has 0 bridgehead atoms. The van der Waals surface area contributed by atoms with Gasteiger partial charge in [-0.1, -0.05) is 19.3 Å². The maximum atomic E-state index is 13.2. The van der Waals surface area contributed by atoms with Crippen molar-refractivity contribution in [2.24, 2.45) is 0 Å². The number of hydrogen-bond acceptors (Lipinski definition) is 6. The second-order valence-corrected chi connectivity index (χ2v) is 6.50. The fraction of sp³-hybridized carbons (Fsp3) is 0.471. The summed E-state index contributed by atoms with van der Waals surface area (Å²) >= 11 is 1.58. The topological polar surface area (TPSA) is 64.6 Å². The lowest BCUT2D eigenvalue weighted by molar-refractivity contribution is 0.0958.